The Morgan fingerprint density at radius 1 is 1.31 bits per heavy atom. The predicted octanol–water partition coefficient (Wildman–Crippen LogP) is 1.72. The second-order valence-electron chi connectivity index (χ2n) is 5.32. The predicted molar refractivity (Wildman–Crippen MR) is 68.5 cm³/mol. The molecule has 0 aromatic carbocycles. The van der Waals surface area contributed by atoms with Crippen LogP contribution in [-0.2, 0) is 4.74 Å². The molecule has 3 heteroatoms. The van der Waals surface area contributed by atoms with Gasteiger partial charge in [-0.05, 0) is 44.2 Å². The van der Waals surface area contributed by atoms with E-state index in [1.807, 2.05) is 0 Å². The Labute approximate surface area is 100 Å². The fraction of sp³-hybridized carbons (Fsp3) is 1.00. The molecule has 0 aliphatic carbocycles. The zero-order valence-electron chi connectivity index (χ0n) is 11.1. The Hall–Kier alpha value is -0.120. The molecular formula is C13H28N2O. The standard InChI is InChI=1S/C13H28N2O/c1-11(2)12-5-4-7-15(8-6-12)13(9-14)10-16-3/h11-13H,4-10,14H2,1-3H3. The lowest BCUT2D eigenvalue weighted by atomic mass is 9.89. The van der Waals surface area contributed by atoms with E-state index < -0.39 is 0 Å². The summed E-state index contributed by atoms with van der Waals surface area (Å²) in [5, 5.41) is 0. The monoisotopic (exact) mass is 228 g/mol. The van der Waals surface area contributed by atoms with E-state index in [1.165, 1.54) is 32.4 Å². The van der Waals surface area contributed by atoms with Gasteiger partial charge in [0.2, 0.25) is 0 Å². The minimum atomic E-state index is 0.413. The SMILES string of the molecule is COCC(CN)N1CCCC(C(C)C)CC1. The summed E-state index contributed by atoms with van der Waals surface area (Å²) in [6.07, 6.45) is 4.00. The van der Waals surface area contributed by atoms with Crippen LogP contribution in [0, 0.1) is 11.8 Å². The third-order valence-electron chi connectivity index (χ3n) is 3.90. The van der Waals surface area contributed by atoms with E-state index >= 15 is 0 Å². The van der Waals surface area contributed by atoms with Crippen molar-refractivity contribution in [3.63, 3.8) is 0 Å². The maximum atomic E-state index is 5.81. The van der Waals surface area contributed by atoms with Gasteiger partial charge in [0.25, 0.3) is 0 Å². The van der Waals surface area contributed by atoms with Crippen LogP contribution in [0.15, 0.2) is 0 Å². The molecule has 3 nitrogen and oxygen atoms in total. The molecule has 2 atom stereocenters. The third-order valence-corrected chi connectivity index (χ3v) is 3.90. The highest BCUT2D eigenvalue weighted by Gasteiger charge is 2.23. The molecule has 2 N–H and O–H groups in total. The molecule has 1 heterocycles. The molecule has 1 aliphatic heterocycles. The van der Waals surface area contributed by atoms with Gasteiger partial charge >= 0.3 is 0 Å². The van der Waals surface area contributed by atoms with Crippen molar-refractivity contribution in [3.8, 4) is 0 Å². The zero-order chi connectivity index (χ0) is 12.0. The summed E-state index contributed by atoms with van der Waals surface area (Å²) in [5.41, 5.74) is 5.81. The molecule has 1 saturated heterocycles. The maximum Gasteiger partial charge on any atom is 0.0630 e. The van der Waals surface area contributed by atoms with E-state index in [0.29, 0.717) is 12.6 Å². The van der Waals surface area contributed by atoms with Crippen LogP contribution in [0.1, 0.15) is 33.1 Å². The van der Waals surface area contributed by atoms with Gasteiger partial charge in [0, 0.05) is 19.7 Å². The highest BCUT2D eigenvalue weighted by molar-refractivity contribution is 4.78. The van der Waals surface area contributed by atoms with Crippen LogP contribution < -0.4 is 5.73 Å². The van der Waals surface area contributed by atoms with Gasteiger partial charge < -0.3 is 10.5 Å². The molecule has 0 saturated carbocycles. The van der Waals surface area contributed by atoms with Gasteiger partial charge in [-0.15, -0.1) is 0 Å². The fourth-order valence-electron chi connectivity index (χ4n) is 2.69. The molecule has 0 amide bonds. The number of hydrogen-bond donors (Lipinski definition) is 1. The number of nitrogens with two attached hydrogens (primary N) is 1. The second-order valence-corrected chi connectivity index (χ2v) is 5.32. The summed E-state index contributed by atoms with van der Waals surface area (Å²) >= 11 is 0. The summed E-state index contributed by atoms with van der Waals surface area (Å²) in [7, 11) is 1.76. The van der Waals surface area contributed by atoms with E-state index in [2.05, 4.69) is 18.7 Å². The van der Waals surface area contributed by atoms with E-state index in [0.717, 1.165) is 18.4 Å². The van der Waals surface area contributed by atoms with Crippen molar-refractivity contribution in [2.75, 3.05) is 33.4 Å². The maximum absolute atomic E-state index is 5.81. The Balaban J connectivity index is 2.44. The normalized spacial score (nSPS) is 25.7. The molecule has 1 rings (SSSR count). The smallest absolute Gasteiger partial charge is 0.0630 e. The first-order valence-corrected chi connectivity index (χ1v) is 6.62. The second kappa shape index (κ2) is 7.25. The molecule has 2 unspecified atom stereocenters. The van der Waals surface area contributed by atoms with Gasteiger partial charge in [0.1, 0.15) is 0 Å². The van der Waals surface area contributed by atoms with E-state index in [-0.39, 0.29) is 0 Å². The topological polar surface area (TPSA) is 38.5 Å². The van der Waals surface area contributed by atoms with Crippen LogP contribution >= 0.6 is 0 Å². The Morgan fingerprint density at radius 3 is 2.62 bits per heavy atom. The largest absolute Gasteiger partial charge is 0.383 e. The van der Waals surface area contributed by atoms with E-state index in [1.54, 1.807) is 7.11 Å². The van der Waals surface area contributed by atoms with Crippen molar-refractivity contribution in [2.45, 2.75) is 39.2 Å². The lowest BCUT2D eigenvalue weighted by Gasteiger charge is -2.29. The van der Waals surface area contributed by atoms with Gasteiger partial charge in [-0.25, -0.2) is 0 Å². The summed E-state index contributed by atoms with van der Waals surface area (Å²) in [6, 6.07) is 0.413. The lowest BCUT2D eigenvalue weighted by Crippen LogP contribution is -2.44. The highest BCUT2D eigenvalue weighted by atomic mass is 16.5. The molecule has 16 heavy (non-hydrogen) atoms. The number of nitrogens with zero attached hydrogens (tertiary/aromatic N) is 1. The molecule has 0 aromatic rings. The highest BCUT2D eigenvalue weighted by Crippen LogP contribution is 2.25. The zero-order valence-corrected chi connectivity index (χ0v) is 11.1. The molecule has 0 bridgehead atoms. The van der Waals surface area contributed by atoms with Gasteiger partial charge in [0.05, 0.1) is 6.61 Å². The van der Waals surface area contributed by atoms with Crippen LogP contribution in [0.4, 0.5) is 0 Å². The first-order valence-electron chi connectivity index (χ1n) is 6.62. The van der Waals surface area contributed by atoms with Gasteiger partial charge in [-0.1, -0.05) is 13.8 Å². The van der Waals surface area contributed by atoms with Gasteiger partial charge in [-0.3, -0.25) is 4.90 Å². The van der Waals surface area contributed by atoms with Gasteiger partial charge in [0.15, 0.2) is 0 Å². The van der Waals surface area contributed by atoms with Crippen LogP contribution in [0.25, 0.3) is 0 Å². The first kappa shape index (κ1) is 13.9. The molecule has 96 valence electrons. The quantitative estimate of drug-likeness (QED) is 0.778. The Morgan fingerprint density at radius 2 is 2.06 bits per heavy atom. The minimum Gasteiger partial charge on any atom is -0.383 e. The van der Waals surface area contributed by atoms with Crippen LogP contribution in [0.3, 0.4) is 0 Å². The Kier molecular flexibility index (Phi) is 6.32. The third kappa shape index (κ3) is 4.04. The number of hydrogen-bond acceptors (Lipinski definition) is 3. The molecule has 0 spiro atoms. The van der Waals surface area contributed by atoms with E-state index in [4.69, 9.17) is 10.5 Å². The first-order chi connectivity index (χ1) is 7.69. The molecule has 1 aliphatic rings. The molecule has 0 radical (unpaired) electrons. The molecular weight excluding hydrogens is 200 g/mol. The van der Waals surface area contributed by atoms with Crippen molar-refractivity contribution in [2.24, 2.45) is 17.6 Å². The van der Waals surface area contributed by atoms with Crippen LogP contribution in [-0.4, -0.2) is 44.3 Å². The van der Waals surface area contributed by atoms with Gasteiger partial charge in [-0.2, -0.15) is 0 Å². The average Bonchev–Trinajstić information content (AvgIpc) is 2.51. The number of methoxy groups -OCH3 is 1. The van der Waals surface area contributed by atoms with Crippen molar-refractivity contribution in [1.29, 1.82) is 0 Å². The summed E-state index contributed by atoms with van der Waals surface area (Å²) in [6.45, 7) is 8.54. The van der Waals surface area contributed by atoms with Crippen molar-refractivity contribution >= 4 is 0 Å². The fourth-order valence-corrected chi connectivity index (χ4v) is 2.69. The molecule has 1 fully saturated rings. The summed E-state index contributed by atoms with van der Waals surface area (Å²) in [5.74, 6) is 1.71. The summed E-state index contributed by atoms with van der Waals surface area (Å²) in [4.78, 5) is 2.52. The number of ether oxygens (including phenoxy) is 1. The van der Waals surface area contributed by atoms with Crippen molar-refractivity contribution in [3.05, 3.63) is 0 Å². The number of rotatable bonds is 5. The summed E-state index contributed by atoms with van der Waals surface area (Å²) < 4.78 is 5.24. The van der Waals surface area contributed by atoms with Crippen molar-refractivity contribution < 1.29 is 4.74 Å². The minimum absolute atomic E-state index is 0.413. The Bertz CT molecular complexity index is 185. The number of likely N-dealkylation sites (tertiary alicyclic amines) is 1. The van der Waals surface area contributed by atoms with Crippen molar-refractivity contribution in [1.82, 2.24) is 4.90 Å². The van der Waals surface area contributed by atoms with Crippen LogP contribution in [0.2, 0.25) is 0 Å². The van der Waals surface area contributed by atoms with E-state index in [9.17, 15) is 0 Å². The molecule has 0 aromatic heterocycles. The van der Waals surface area contributed by atoms with Crippen LogP contribution in [0.5, 0.6) is 0 Å². The lowest BCUT2D eigenvalue weighted by molar-refractivity contribution is 0.0949. The average molecular weight is 228 g/mol.